The second kappa shape index (κ2) is 7.76. The van der Waals surface area contributed by atoms with Gasteiger partial charge in [-0.15, -0.1) is 10.2 Å². The van der Waals surface area contributed by atoms with Gasteiger partial charge in [0.1, 0.15) is 0 Å². The molecule has 4 N–H and O–H groups in total. The van der Waals surface area contributed by atoms with E-state index in [-0.39, 0.29) is 17.6 Å². The Morgan fingerprint density at radius 2 is 2.00 bits per heavy atom. The standard InChI is InChI=1S/C13H15N5O2S2/c1-8(19)16-10-4-2-9(3-5-10)6-15-11(20)7-21-13-18-17-12(14)22-13/h2-5H,6-7H2,1H3,(H2,14,17)(H,15,20)(H,16,19). The molecule has 1 heterocycles. The van der Waals surface area contributed by atoms with E-state index in [1.807, 2.05) is 12.1 Å². The molecule has 1 aromatic carbocycles. The summed E-state index contributed by atoms with van der Waals surface area (Å²) < 4.78 is 0.673. The van der Waals surface area contributed by atoms with Crippen molar-refractivity contribution in [2.75, 3.05) is 16.8 Å². The summed E-state index contributed by atoms with van der Waals surface area (Å²) >= 11 is 2.55. The van der Waals surface area contributed by atoms with Crippen molar-refractivity contribution in [1.82, 2.24) is 15.5 Å². The van der Waals surface area contributed by atoms with Crippen LogP contribution in [0.25, 0.3) is 0 Å². The van der Waals surface area contributed by atoms with E-state index in [1.165, 1.54) is 30.0 Å². The average molecular weight is 337 g/mol. The number of nitrogens with zero attached hydrogens (tertiary/aromatic N) is 2. The number of rotatable bonds is 6. The summed E-state index contributed by atoms with van der Waals surface area (Å²) in [7, 11) is 0. The Hall–Kier alpha value is -2.13. The van der Waals surface area contributed by atoms with E-state index < -0.39 is 0 Å². The lowest BCUT2D eigenvalue weighted by molar-refractivity contribution is -0.118. The summed E-state index contributed by atoms with van der Waals surface area (Å²) in [4.78, 5) is 22.7. The quantitative estimate of drug-likeness (QED) is 0.689. The molecule has 0 aliphatic carbocycles. The second-order valence-electron chi connectivity index (χ2n) is 4.35. The molecular formula is C13H15N5O2S2. The fourth-order valence-corrected chi connectivity index (χ4v) is 3.03. The molecule has 2 rings (SSSR count). The van der Waals surface area contributed by atoms with Crippen LogP contribution in [0.1, 0.15) is 12.5 Å². The van der Waals surface area contributed by atoms with Gasteiger partial charge in [-0.3, -0.25) is 9.59 Å². The Labute approximate surface area is 135 Å². The molecule has 0 saturated heterocycles. The largest absolute Gasteiger partial charge is 0.374 e. The molecule has 7 nitrogen and oxygen atoms in total. The van der Waals surface area contributed by atoms with Crippen molar-refractivity contribution < 1.29 is 9.59 Å². The first-order chi connectivity index (χ1) is 10.5. The molecular weight excluding hydrogens is 322 g/mol. The van der Waals surface area contributed by atoms with Crippen molar-refractivity contribution >= 4 is 45.7 Å². The van der Waals surface area contributed by atoms with Gasteiger partial charge in [0.05, 0.1) is 5.75 Å². The maximum absolute atomic E-state index is 11.7. The zero-order valence-electron chi connectivity index (χ0n) is 11.8. The Balaban J connectivity index is 1.74. The molecule has 0 atom stereocenters. The van der Waals surface area contributed by atoms with Crippen LogP contribution in [-0.4, -0.2) is 27.8 Å². The van der Waals surface area contributed by atoms with Gasteiger partial charge < -0.3 is 16.4 Å². The SMILES string of the molecule is CC(=O)Nc1ccc(CNC(=O)CSc2nnc(N)s2)cc1. The molecule has 0 spiro atoms. The van der Waals surface area contributed by atoms with E-state index in [2.05, 4.69) is 20.8 Å². The van der Waals surface area contributed by atoms with Crippen LogP contribution in [0.5, 0.6) is 0 Å². The van der Waals surface area contributed by atoms with Crippen molar-refractivity contribution in [3.63, 3.8) is 0 Å². The maximum Gasteiger partial charge on any atom is 0.230 e. The number of aromatic nitrogens is 2. The summed E-state index contributed by atoms with van der Waals surface area (Å²) in [5, 5.41) is 13.4. The van der Waals surface area contributed by atoms with Gasteiger partial charge in [-0.1, -0.05) is 35.2 Å². The fraction of sp³-hybridized carbons (Fsp3) is 0.231. The van der Waals surface area contributed by atoms with Crippen molar-refractivity contribution in [3.8, 4) is 0 Å². The monoisotopic (exact) mass is 337 g/mol. The molecule has 0 aliphatic heterocycles. The minimum Gasteiger partial charge on any atom is -0.374 e. The van der Waals surface area contributed by atoms with E-state index in [9.17, 15) is 9.59 Å². The van der Waals surface area contributed by atoms with Gasteiger partial charge in [0.15, 0.2) is 4.34 Å². The molecule has 22 heavy (non-hydrogen) atoms. The topological polar surface area (TPSA) is 110 Å². The van der Waals surface area contributed by atoms with E-state index in [1.54, 1.807) is 12.1 Å². The fourth-order valence-electron chi connectivity index (χ4n) is 1.57. The summed E-state index contributed by atoms with van der Waals surface area (Å²) in [5.41, 5.74) is 7.15. The molecule has 2 amide bonds. The van der Waals surface area contributed by atoms with E-state index >= 15 is 0 Å². The predicted octanol–water partition coefficient (Wildman–Crippen LogP) is 1.49. The van der Waals surface area contributed by atoms with Crippen LogP contribution in [0.2, 0.25) is 0 Å². The second-order valence-corrected chi connectivity index (χ2v) is 6.58. The minimum atomic E-state index is -0.115. The number of anilines is 2. The van der Waals surface area contributed by atoms with Crippen LogP contribution >= 0.6 is 23.1 Å². The van der Waals surface area contributed by atoms with Gasteiger partial charge in [0, 0.05) is 19.2 Å². The number of nitrogens with two attached hydrogens (primary N) is 1. The number of benzene rings is 1. The maximum atomic E-state index is 11.7. The number of nitrogen functional groups attached to an aromatic ring is 1. The smallest absolute Gasteiger partial charge is 0.230 e. The van der Waals surface area contributed by atoms with Crippen LogP contribution in [0.4, 0.5) is 10.8 Å². The zero-order chi connectivity index (χ0) is 15.9. The molecule has 0 unspecified atom stereocenters. The first kappa shape index (κ1) is 16.2. The molecule has 0 aliphatic rings. The highest BCUT2D eigenvalue weighted by Crippen LogP contribution is 2.23. The Morgan fingerprint density at radius 3 is 2.59 bits per heavy atom. The molecule has 0 saturated carbocycles. The van der Waals surface area contributed by atoms with Gasteiger partial charge in [-0.2, -0.15) is 0 Å². The van der Waals surface area contributed by atoms with Crippen LogP contribution in [0.3, 0.4) is 0 Å². The minimum absolute atomic E-state index is 0.0929. The average Bonchev–Trinajstić information content (AvgIpc) is 2.89. The van der Waals surface area contributed by atoms with Crippen molar-refractivity contribution in [2.45, 2.75) is 17.8 Å². The van der Waals surface area contributed by atoms with Gasteiger partial charge >= 0.3 is 0 Å². The van der Waals surface area contributed by atoms with E-state index in [4.69, 9.17) is 5.73 Å². The summed E-state index contributed by atoms with van der Waals surface area (Å²) in [6.07, 6.45) is 0. The van der Waals surface area contributed by atoms with Gasteiger partial charge in [0.25, 0.3) is 0 Å². The summed E-state index contributed by atoms with van der Waals surface area (Å²) in [6.45, 7) is 1.88. The van der Waals surface area contributed by atoms with Crippen LogP contribution in [0.15, 0.2) is 28.6 Å². The van der Waals surface area contributed by atoms with Crippen molar-refractivity contribution in [2.24, 2.45) is 0 Å². The zero-order valence-corrected chi connectivity index (χ0v) is 13.5. The number of hydrogen-bond donors (Lipinski definition) is 3. The lowest BCUT2D eigenvalue weighted by Gasteiger charge is -2.06. The van der Waals surface area contributed by atoms with Crippen molar-refractivity contribution in [1.29, 1.82) is 0 Å². The number of amides is 2. The van der Waals surface area contributed by atoms with Gasteiger partial charge in [-0.25, -0.2) is 0 Å². The van der Waals surface area contributed by atoms with Gasteiger partial charge in [-0.05, 0) is 17.7 Å². The van der Waals surface area contributed by atoms with E-state index in [0.717, 1.165) is 11.3 Å². The van der Waals surface area contributed by atoms with Crippen LogP contribution in [-0.2, 0) is 16.1 Å². The van der Waals surface area contributed by atoms with Crippen LogP contribution in [0, 0.1) is 0 Å². The normalized spacial score (nSPS) is 10.2. The first-order valence-corrected chi connectivity index (χ1v) is 8.18. The lowest BCUT2D eigenvalue weighted by Crippen LogP contribution is -2.24. The number of thioether (sulfide) groups is 1. The number of carbonyl (C=O) groups is 2. The molecule has 0 bridgehead atoms. The first-order valence-electron chi connectivity index (χ1n) is 6.38. The Kier molecular flexibility index (Phi) is 5.73. The number of carbonyl (C=O) groups excluding carboxylic acids is 2. The predicted molar refractivity (Wildman–Crippen MR) is 87.6 cm³/mol. The highest BCUT2D eigenvalue weighted by Gasteiger charge is 2.06. The highest BCUT2D eigenvalue weighted by atomic mass is 32.2. The van der Waals surface area contributed by atoms with E-state index in [0.29, 0.717) is 16.0 Å². The molecule has 0 radical (unpaired) electrons. The number of nitrogens with one attached hydrogen (secondary N) is 2. The van der Waals surface area contributed by atoms with Gasteiger partial charge in [0.2, 0.25) is 16.9 Å². The molecule has 2 aromatic rings. The third-order valence-corrected chi connectivity index (χ3v) is 4.40. The Bertz CT molecular complexity index is 657. The lowest BCUT2D eigenvalue weighted by atomic mass is 10.2. The third-order valence-electron chi connectivity index (χ3n) is 2.51. The summed E-state index contributed by atoms with van der Waals surface area (Å²) in [5.74, 6) is 0.0543. The summed E-state index contributed by atoms with van der Waals surface area (Å²) in [6, 6.07) is 7.29. The highest BCUT2D eigenvalue weighted by molar-refractivity contribution is 8.01. The van der Waals surface area contributed by atoms with Crippen LogP contribution < -0.4 is 16.4 Å². The molecule has 1 aromatic heterocycles. The molecule has 116 valence electrons. The molecule has 9 heteroatoms. The van der Waals surface area contributed by atoms with Crippen molar-refractivity contribution in [3.05, 3.63) is 29.8 Å². The third kappa shape index (κ3) is 5.34. The Morgan fingerprint density at radius 1 is 1.27 bits per heavy atom. The molecule has 0 fully saturated rings. The number of hydrogen-bond acceptors (Lipinski definition) is 7.